The van der Waals surface area contributed by atoms with Gasteiger partial charge in [0.15, 0.2) is 0 Å². The van der Waals surface area contributed by atoms with Crippen molar-refractivity contribution in [3.8, 4) is 0 Å². The van der Waals surface area contributed by atoms with Gasteiger partial charge in [-0.05, 0) is 0 Å². The number of hydrogen-bond donors (Lipinski definition) is 0. The molecule has 0 saturated heterocycles. The Balaban J connectivity index is 3.06. The molecule has 0 fully saturated rings. The Morgan fingerprint density at radius 1 is 1.31 bits per heavy atom. The van der Waals surface area contributed by atoms with E-state index in [9.17, 15) is 12.8 Å². The van der Waals surface area contributed by atoms with Gasteiger partial charge in [0.25, 0.3) is 9.05 Å². The predicted molar refractivity (Wildman–Crippen MR) is 50.3 cm³/mol. The van der Waals surface area contributed by atoms with Crippen molar-refractivity contribution >= 4 is 25.6 Å². The van der Waals surface area contributed by atoms with Gasteiger partial charge >= 0.3 is 0 Å². The van der Waals surface area contributed by atoms with E-state index in [1.807, 2.05) is 0 Å². The molecule has 70 valence electrons. The maximum atomic E-state index is 13.0. The summed E-state index contributed by atoms with van der Waals surface area (Å²) >= 11 is 0. The summed E-state index contributed by atoms with van der Waals surface area (Å²) in [5, 5.41) is 0.379. The summed E-state index contributed by atoms with van der Waals surface area (Å²) in [6.45, 7) is 0. The quantitative estimate of drug-likeness (QED) is 0.718. The fourth-order valence-corrected chi connectivity index (χ4v) is 1.41. The van der Waals surface area contributed by atoms with Gasteiger partial charge in [-0.3, -0.25) is 0 Å². The summed E-state index contributed by atoms with van der Waals surface area (Å²) in [4.78, 5) is 0. The molecule has 0 bridgehead atoms. The van der Waals surface area contributed by atoms with E-state index in [2.05, 4.69) is 0 Å². The van der Waals surface area contributed by atoms with Crippen LogP contribution in [-0.4, -0.2) is 8.42 Å². The number of benzene rings is 1. The minimum atomic E-state index is -3.94. The van der Waals surface area contributed by atoms with Crippen molar-refractivity contribution in [1.29, 1.82) is 0 Å². The molecule has 0 aliphatic heterocycles. The van der Waals surface area contributed by atoms with E-state index >= 15 is 0 Å². The Kier molecular flexibility index (Phi) is 3.06. The molecule has 1 rings (SSSR count). The monoisotopic (exact) mass is 220 g/mol. The Labute approximate surface area is 80.1 Å². The molecule has 0 amide bonds. The first-order chi connectivity index (χ1) is 5.99. The van der Waals surface area contributed by atoms with Gasteiger partial charge < -0.3 is 0 Å². The second-order valence-electron chi connectivity index (χ2n) is 2.31. The van der Waals surface area contributed by atoms with Gasteiger partial charge in [-0.2, -0.15) is 0 Å². The van der Waals surface area contributed by atoms with Gasteiger partial charge in [-0.15, -0.1) is 0 Å². The minimum absolute atomic E-state index is 0.187. The fourth-order valence-electron chi connectivity index (χ4n) is 0.789. The van der Waals surface area contributed by atoms with Crippen LogP contribution < -0.4 is 0 Å². The molecular weight excluding hydrogens is 215 g/mol. The lowest BCUT2D eigenvalue weighted by Crippen LogP contribution is -1.83. The Morgan fingerprint density at radius 2 is 1.85 bits per heavy atom. The van der Waals surface area contributed by atoms with E-state index < -0.39 is 14.9 Å². The molecular formula is C8H6ClFO2S. The van der Waals surface area contributed by atoms with Gasteiger partial charge in [-0.25, -0.2) is 12.8 Å². The standard InChI is InChI=1S/C8H6ClFO2S/c9-13(11,12)6-8(10)7-4-2-1-3-5-7/h1-6H/b8-6-. The van der Waals surface area contributed by atoms with Crippen molar-refractivity contribution in [2.24, 2.45) is 0 Å². The van der Waals surface area contributed by atoms with Gasteiger partial charge in [0.2, 0.25) is 0 Å². The molecule has 0 aliphatic rings. The third-order valence-electron chi connectivity index (χ3n) is 1.29. The zero-order valence-electron chi connectivity index (χ0n) is 6.44. The summed E-state index contributed by atoms with van der Waals surface area (Å²) in [6, 6.07) is 7.81. The minimum Gasteiger partial charge on any atom is -0.207 e. The van der Waals surface area contributed by atoms with Crippen LogP contribution in [0.3, 0.4) is 0 Å². The van der Waals surface area contributed by atoms with E-state index in [1.54, 1.807) is 18.2 Å². The van der Waals surface area contributed by atoms with Crippen LogP contribution in [-0.2, 0) is 9.05 Å². The van der Waals surface area contributed by atoms with Gasteiger partial charge in [0, 0.05) is 16.2 Å². The van der Waals surface area contributed by atoms with Crippen LogP contribution in [0.5, 0.6) is 0 Å². The highest BCUT2D eigenvalue weighted by molar-refractivity contribution is 8.16. The molecule has 0 aromatic heterocycles. The third kappa shape index (κ3) is 3.57. The lowest BCUT2D eigenvalue weighted by atomic mass is 10.2. The summed E-state index contributed by atoms with van der Waals surface area (Å²) < 4.78 is 34.0. The molecule has 0 heterocycles. The average molecular weight is 221 g/mol. The summed E-state index contributed by atoms with van der Waals surface area (Å²) in [5.74, 6) is -0.865. The van der Waals surface area contributed by atoms with E-state index in [0.29, 0.717) is 5.41 Å². The Hall–Kier alpha value is -0.870. The fraction of sp³-hybridized carbons (Fsp3) is 0. The van der Waals surface area contributed by atoms with Gasteiger partial charge in [0.05, 0.1) is 5.41 Å². The molecule has 0 saturated carbocycles. The highest BCUT2D eigenvalue weighted by Crippen LogP contribution is 2.17. The molecule has 13 heavy (non-hydrogen) atoms. The lowest BCUT2D eigenvalue weighted by Gasteiger charge is -1.94. The summed E-state index contributed by atoms with van der Waals surface area (Å²) in [6.07, 6.45) is 0. The highest BCUT2D eigenvalue weighted by atomic mass is 35.7. The topological polar surface area (TPSA) is 34.1 Å². The largest absolute Gasteiger partial charge is 0.257 e. The number of rotatable bonds is 2. The molecule has 2 nitrogen and oxygen atoms in total. The zero-order valence-corrected chi connectivity index (χ0v) is 8.02. The molecule has 0 unspecified atom stereocenters. The first kappa shape index (κ1) is 10.2. The second-order valence-corrected chi connectivity index (χ2v) is 4.78. The predicted octanol–water partition coefficient (Wildman–Crippen LogP) is 2.52. The molecule has 0 atom stereocenters. The molecule has 1 aromatic rings. The molecule has 0 spiro atoms. The Morgan fingerprint density at radius 3 is 2.31 bits per heavy atom. The first-order valence-electron chi connectivity index (χ1n) is 3.36. The van der Waals surface area contributed by atoms with Crippen molar-refractivity contribution in [2.45, 2.75) is 0 Å². The van der Waals surface area contributed by atoms with Crippen molar-refractivity contribution in [2.75, 3.05) is 0 Å². The Bertz CT molecular complexity index is 411. The van der Waals surface area contributed by atoms with Crippen molar-refractivity contribution in [3.05, 3.63) is 41.3 Å². The van der Waals surface area contributed by atoms with Gasteiger partial charge in [-0.1, -0.05) is 30.3 Å². The maximum Gasteiger partial charge on any atom is 0.257 e. The SMILES string of the molecule is O=S(=O)(Cl)/C=C(\F)c1ccccc1. The molecule has 0 aliphatic carbocycles. The normalized spacial score (nSPS) is 12.9. The van der Waals surface area contributed by atoms with Crippen LogP contribution in [0.25, 0.3) is 5.83 Å². The third-order valence-corrected chi connectivity index (χ3v) is 2.05. The van der Waals surface area contributed by atoms with Crippen LogP contribution in [0.2, 0.25) is 0 Å². The maximum absolute atomic E-state index is 13.0. The van der Waals surface area contributed by atoms with Gasteiger partial charge in [0.1, 0.15) is 5.83 Å². The van der Waals surface area contributed by atoms with E-state index in [1.165, 1.54) is 12.1 Å². The average Bonchev–Trinajstić information content (AvgIpc) is 2.03. The van der Waals surface area contributed by atoms with Crippen LogP contribution in [0.1, 0.15) is 5.56 Å². The number of hydrogen-bond acceptors (Lipinski definition) is 2. The zero-order chi connectivity index (χ0) is 9.90. The summed E-state index contributed by atoms with van der Waals surface area (Å²) in [5.41, 5.74) is 0.187. The van der Waals surface area contributed by atoms with Crippen LogP contribution in [0.4, 0.5) is 4.39 Å². The van der Waals surface area contributed by atoms with Crippen LogP contribution in [0, 0.1) is 0 Å². The van der Waals surface area contributed by atoms with Crippen molar-refractivity contribution in [3.63, 3.8) is 0 Å². The van der Waals surface area contributed by atoms with Crippen molar-refractivity contribution in [1.82, 2.24) is 0 Å². The van der Waals surface area contributed by atoms with Crippen molar-refractivity contribution < 1.29 is 12.8 Å². The van der Waals surface area contributed by atoms with E-state index in [0.717, 1.165) is 0 Å². The lowest BCUT2D eigenvalue weighted by molar-refractivity contribution is 0.616. The van der Waals surface area contributed by atoms with E-state index in [-0.39, 0.29) is 5.56 Å². The first-order valence-corrected chi connectivity index (χ1v) is 5.73. The van der Waals surface area contributed by atoms with Crippen LogP contribution in [0.15, 0.2) is 35.7 Å². The highest BCUT2D eigenvalue weighted by Gasteiger charge is 2.05. The second kappa shape index (κ2) is 3.89. The van der Waals surface area contributed by atoms with Crippen LogP contribution >= 0.6 is 10.7 Å². The molecule has 0 N–H and O–H groups in total. The summed E-state index contributed by atoms with van der Waals surface area (Å²) in [7, 11) is 0.897. The smallest absolute Gasteiger partial charge is 0.207 e. The molecule has 1 aromatic carbocycles. The number of halogens is 2. The molecule has 5 heteroatoms. The van der Waals surface area contributed by atoms with E-state index in [4.69, 9.17) is 10.7 Å². The molecule has 0 radical (unpaired) electrons.